The maximum atomic E-state index is 6.00. The van der Waals surface area contributed by atoms with Crippen LogP contribution < -0.4 is 5.32 Å². The van der Waals surface area contributed by atoms with Crippen LogP contribution in [0.4, 0.5) is 0 Å². The van der Waals surface area contributed by atoms with Crippen molar-refractivity contribution in [3.05, 3.63) is 45.5 Å². The molecule has 1 unspecified atom stereocenters. The molecule has 0 amide bonds. The van der Waals surface area contributed by atoms with Gasteiger partial charge in [0.2, 0.25) is 5.89 Å². The van der Waals surface area contributed by atoms with Gasteiger partial charge in [-0.1, -0.05) is 40.8 Å². The van der Waals surface area contributed by atoms with E-state index in [-0.39, 0.29) is 6.04 Å². The fraction of sp³-hybridized carbons (Fsp3) is 0.429. The van der Waals surface area contributed by atoms with Crippen molar-refractivity contribution in [2.75, 3.05) is 6.54 Å². The number of aromatic nitrogens is 2. The largest absolute Gasteiger partial charge is 0.339 e. The zero-order chi connectivity index (χ0) is 13.9. The molecule has 2 aromatic rings. The van der Waals surface area contributed by atoms with Crippen LogP contribution in [0.3, 0.4) is 0 Å². The lowest BCUT2D eigenvalue weighted by Gasteiger charge is -2.19. The van der Waals surface area contributed by atoms with Crippen molar-refractivity contribution in [3.63, 3.8) is 0 Å². The molecule has 0 spiro atoms. The molecular formula is C14H15Cl2N3O. The molecule has 3 rings (SSSR count). The minimum atomic E-state index is 0.218. The second-order valence-electron chi connectivity index (χ2n) is 4.97. The molecule has 1 saturated heterocycles. The number of nitrogens with one attached hydrogen (secondary N) is 1. The van der Waals surface area contributed by atoms with Crippen LogP contribution >= 0.6 is 23.2 Å². The summed E-state index contributed by atoms with van der Waals surface area (Å²) < 4.78 is 5.31. The normalized spacial score (nSPS) is 19.2. The van der Waals surface area contributed by atoms with Gasteiger partial charge in [-0.3, -0.25) is 0 Å². The summed E-state index contributed by atoms with van der Waals surface area (Å²) in [5.74, 6) is 1.35. The summed E-state index contributed by atoms with van der Waals surface area (Å²) in [4.78, 5) is 4.46. The third kappa shape index (κ3) is 3.14. The van der Waals surface area contributed by atoms with Gasteiger partial charge in [0, 0.05) is 0 Å². The highest BCUT2D eigenvalue weighted by Crippen LogP contribution is 2.24. The van der Waals surface area contributed by atoms with Crippen LogP contribution in [0.25, 0.3) is 0 Å². The number of hydrogen-bond acceptors (Lipinski definition) is 4. The van der Waals surface area contributed by atoms with E-state index in [0.717, 1.165) is 24.4 Å². The predicted octanol–water partition coefficient (Wildman–Crippen LogP) is 3.78. The molecule has 4 nitrogen and oxygen atoms in total. The minimum Gasteiger partial charge on any atom is -0.339 e. The molecule has 1 fully saturated rings. The zero-order valence-electron chi connectivity index (χ0n) is 10.9. The molecule has 6 heteroatoms. The SMILES string of the molecule is Clc1ccc(Cc2nc(C3CCCCN3)no2)cc1Cl. The smallest absolute Gasteiger partial charge is 0.231 e. The number of nitrogens with zero attached hydrogens (tertiary/aromatic N) is 2. The van der Waals surface area contributed by atoms with Crippen molar-refractivity contribution in [2.24, 2.45) is 0 Å². The zero-order valence-corrected chi connectivity index (χ0v) is 12.4. The Hall–Kier alpha value is -1.10. The molecule has 0 bridgehead atoms. The Morgan fingerprint density at radius 1 is 1.25 bits per heavy atom. The molecule has 1 aromatic carbocycles. The fourth-order valence-electron chi connectivity index (χ4n) is 2.38. The van der Waals surface area contributed by atoms with E-state index in [0.29, 0.717) is 22.4 Å². The Morgan fingerprint density at radius 2 is 2.15 bits per heavy atom. The molecule has 1 N–H and O–H groups in total. The van der Waals surface area contributed by atoms with Gasteiger partial charge in [-0.15, -0.1) is 0 Å². The van der Waals surface area contributed by atoms with Crippen LogP contribution in [0.2, 0.25) is 10.0 Å². The molecule has 0 saturated carbocycles. The Morgan fingerprint density at radius 3 is 2.90 bits per heavy atom. The molecule has 2 heterocycles. The van der Waals surface area contributed by atoms with Gasteiger partial charge in [-0.05, 0) is 37.1 Å². The van der Waals surface area contributed by atoms with Crippen molar-refractivity contribution in [1.82, 2.24) is 15.5 Å². The standard InChI is InChI=1S/C14H15Cl2N3O/c15-10-5-4-9(7-11(10)16)8-13-18-14(19-20-13)12-3-1-2-6-17-12/h4-5,7,12,17H,1-3,6,8H2. The van der Waals surface area contributed by atoms with Crippen molar-refractivity contribution in [1.29, 1.82) is 0 Å². The summed E-state index contributed by atoms with van der Waals surface area (Å²) in [5.41, 5.74) is 1.01. The van der Waals surface area contributed by atoms with E-state index in [1.54, 1.807) is 6.07 Å². The number of rotatable bonds is 3. The first kappa shape index (κ1) is 13.9. The van der Waals surface area contributed by atoms with Crippen LogP contribution in [-0.2, 0) is 6.42 Å². The third-order valence-corrected chi connectivity index (χ3v) is 4.18. The van der Waals surface area contributed by atoms with Crippen LogP contribution in [0, 0.1) is 0 Å². The lowest BCUT2D eigenvalue weighted by Crippen LogP contribution is -2.27. The molecule has 1 aliphatic rings. The average molecular weight is 312 g/mol. The van der Waals surface area contributed by atoms with Gasteiger partial charge >= 0.3 is 0 Å². The van der Waals surface area contributed by atoms with Gasteiger partial charge in [0.15, 0.2) is 5.82 Å². The molecule has 0 aliphatic carbocycles. The Bertz CT molecular complexity index is 594. The Kier molecular flexibility index (Phi) is 4.24. The molecule has 0 radical (unpaired) electrons. The van der Waals surface area contributed by atoms with Crippen molar-refractivity contribution < 1.29 is 4.52 Å². The number of hydrogen-bond donors (Lipinski definition) is 1. The molecule has 1 aromatic heterocycles. The Labute approximate surface area is 127 Å². The lowest BCUT2D eigenvalue weighted by atomic mass is 10.0. The van der Waals surface area contributed by atoms with Crippen molar-refractivity contribution in [2.45, 2.75) is 31.7 Å². The maximum Gasteiger partial charge on any atom is 0.231 e. The van der Waals surface area contributed by atoms with E-state index in [1.165, 1.54) is 12.8 Å². The summed E-state index contributed by atoms with van der Waals surface area (Å²) in [5, 5.41) is 8.56. The van der Waals surface area contributed by atoms with E-state index in [1.807, 2.05) is 12.1 Å². The van der Waals surface area contributed by atoms with E-state index < -0.39 is 0 Å². The number of halogens is 2. The van der Waals surface area contributed by atoms with Crippen molar-refractivity contribution in [3.8, 4) is 0 Å². The second-order valence-corrected chi connectivity index (χ2v) is 5.79. The van der Waals surface area contributed by atoms with Crippen LogP contribution in [0.1, 0.15) is 42.6 Å². The topological polar surface area (TPSA) is 51.0 Å². The van der Waals surface area contributed by atoms with E-state index in [2.05, 4.69) is 15.5 Å². The van der Waals surface area contributed by atoms with E-state index in [9.17, 15) is 0 Å². The van der Waals surface area contributed by atoms with Gasteiger partial charge in [0.05, 0.1) is 22.5 Å². The van der Waals surface area contributed by atoms with Gasteiger partial charge in [0.25, 0.3) is 0 Å². The van der Waals surface area contributed by atoms with Crippen LogP contribution in [0.5, 0.6) is 0 Å². The summed E-state index contributed by atoms with van der Waals surface area (Å²) in [6.45, 7) is 1.02. The van der Waals surface area contributed by atoms with E-state index >= 15 is 0 Å². The average Bonchev–Trinajstić information content (AvgIpc) is 2.92. The monoisotopic (exact) mass is 311 g/mol. The summed E-state index contributed by atoms with van der Waals surface area (Å²) >= 11 is 11.9. The van der Waals surface area contributed by atoms with Crippen LogP contribution in [-0.4, -0.2) is 16.7 Å². The van der Waals surface area contributed by atoms with Gasteiger partial charge in [-0.2, -0.15) is 4.98 Å². The quantitative estimate of drug-likeness (QED) is 0.937. The molecule has 20 heavy (non-hydrogen) atoms. The molecular weight excluding hydrogens is 297 g/mol. The van der Waals surface area contributed by atoms with Crippen molar-refractivity contribution >= 4 is 23.2 Å². The summed E-state index contributed by atoms with van der Waals surface area (Å²) in [6.07, 6.45) is 4.04. The number of benzene rings is 1. The van der Waals surface area contributed by atoms with E-state index in [4.69, 9.17) is 27.7 Å². The highest BCUT2D eigenvalue weighted by atomic mass is 35.5. The summed E-state index contributed by atoms with van der Waals surface area (Å²) in [6, 6.07) is 5.73. The first-order valence-corrected chi connectivity index (χ1v) is 7.48. The first-order chi connectivity index (χ1) is 9.72. The third-order valence-electron chi connectivity index (χ3n) is 3.45. The van der Waals surface area contributed by atoms with Gasteiger partial charge in [-0.25, -0.2) is 0 Å². The molecule has 106 valence electrons. The fourth-order valence-corrected chi connectivity index (χ4v) is 2.70. The van der Waals surface area contributed by atoms with Gasteiger partial charge < -0.3 is 9.84 Å². The maximum absolute atomic E-state index is 6.00. The molecule has 1 aliphatic heterocycles. The minimum absolute atomic E-state index is 0.218. The van der Waals surface area contributed by atoms with Gasteiger partial charge in [0.1, 0.15) is 0 Å². The highest BCUT2D eigenvalue weighted by Gasteiger charge is 2.20. The second kappa shape index (κ2) is 6.12. The first-order valence-electron chi connectivity index (χ1n) is 6.72. The van der Waals surface area contributed by atoms with Crippen LogP contribution in [0.15, 0.2) is 22.7 Å². The summed E-state index contributed by atoms with van der Waals surface area (Å²) in [7, 11) is 0. The predicted molar refractivity (Wildman–Crippen MR) is 78.2 cm³/mol. The number of piperidine rings is 1. The highest BCUT2D eigenvalue weighted by molar-refractivity contribution is 6.42. The lowest BCUT2D eigenvalue weighted by molar-refractivity contribution is 0.351. The Balaban J connectivity index is 1.71. The molecule has 1 atom stereocenters.